The van der Waals surface area contributed by atoms with Gasteiger partial charge in [0, 0.05) is 26.2 Å². The second-order valence-corrected chi connectivity index (χ2v) is 12.1. The first-order chi connectivity index (χ1) is 16.6. The van der Waals surface area contributed by atoms with Crippen molar-refractivity contribution in [3.05, 3.63) is 11.6 Å². The van der Waals surface area contributed by atoms with Gasteiger partial charge in [0.15, 0.2) is 0 Å². The quantitative estimate of drug-likeness (QED) is 0.379. The van der Waals surface area contributed by atoms with Gasteiger partial charge in [0.1, 0.15) is 12.2 Å². The predicted octanol–water partition coefficient (Wildman–Crippen LogP) is 5.49. The van der Waals surface area contributed by atoms with Gasteiger partial charge in [-0.2, -0.15) is 0 Å². The maximum Gasteiger partial charge on any atom is 0.306 e. The summed E-state index contributed by atoms with van der Waals surface area (Å²) in [5.74, 6) is 1.24. The summed E-state index contributed by atoms with van der Waals surface area (Å²) in [7, 11) is 0. The summed E-state index contributed by atoms with van der Waals surface area (Å²) in [6.07, 6.45) is 11.6. The van der Waals surface area contributed by atoms with Crippen LogP contribution in [0.25, 0.3) is 0 Å². The molecule has 3 fully saturated rings. The summed E-state index contributed by atoms with van der Waals surface area (Å²) in [6.45, 7) is 10.3. The lowest BCUT2D eigenvalue weighted by Crippen LogP contribution is -2.55. The van der Waals surface area contributed by atoms with E-state index < -0.39 is 0 Å². The molecular weight excluding hydrogens is 442 g/mol. The van der Waals surface area contributed by atoms with Crippen molar-refractivity contribution in [3.8, 4) is 0 Å². The molecule has 0 heterocycles. The highest BCUT2D eigenvalue weighted by molar-refractivity contribution is 5.74. The number of carbonyl (C=O) groups excluding carboxylic acids is 3. The molecule has 0 aromatic carbocycles. The minimum absolute atomic E-state index is 0.0109. The Balaban J connectivity index is 1.54. The zero-order valence-electron chi connectivity index (χ0n) is 22.4. The molecule has 6 heteroatoms. The zero-order chi connectivity index (χ0) is 25.4. The van der Waals surface area contributed by atoms with E-state index in [1.54, 1.807) is 6.92 Å². The molecule has 0 saturated heterocycles. The minimum Gasteiger partial charge on any atom is -0.462 e. The van der Waals surface area contributed by atoms with Gasteiger partial charge in [-0.05, 0) is 80.0 Å². The van der Waals surface area contributed by atoms with Gasteiger partial charge in [-0.25, -0.2) is 0 Å². The Kier molecular flexibility index (Phi) is 7.68. The van der Waals surface area contributed by atoms with Crippen molar-refractivity contribution in [2.24, 2.45) is 28.6 Å². The smallest absolute Gasteiger partial charge is 0.306 e. The van der Waals surface area contributed by atoms with Crippen molar-refractivity contribution < 1.29 is 23.9 Å². The van der Waals surface area contributed by atoms with Gasteiger partial charge in [-0.3, -0.25) is 14.4 Å². The van der Waals surface area contributed by atoms with Gasteiger partial charge < -0.3 is 14.8 Å². The fourth-order valence-electron chi connectivity index (χ4n) is 8.19. The van der Waals surface area contributed by atoms with E-state index in [9.17, 15) is 14.4 Å². The third-order valence-electron chi connectivity index (χ3n) is 9.91. The van der Waals surface area contributed by atoms with E-state index in [1.807, 2.05) is 13.8 Å². The first-order valence-corrected chi connectivity index (χ1v) is 14.0. The van der Waals surface area contributed by atoms with Crippen molar-refractivity contribution in [2.45, 2.75) is 123 Å². The fraction of sp³-hybridized carbons (Fsp3) is 0.828. The minimum atomic E-state index is -0.251. The number of ether oxygens (including phenoxy) is 2. The molecule has 0 bridgehead atoms. The van der Waals surface area contributed by atoms with E-state index >= 15 is 0 Å². The number of esters is 2. The Bertz CT molecular complexity index is 867. The summed E-state index contributed by atoms with van der Waals surface area (Å²) in [5, 5.41) is 3.19. The van der Waals surface area contributed by atoms with Crippen LogP contribution in [0.4, 0.5) is 0 Å². The zero-order valence-corrected chi connectivity index (χ0v) is 22.4. The monoisotopic (exact) mass is 487 g/mol. The third kappa shape index (κ3) is 4.91. The van der Waals surface area contributed by atoms with Crippen LogP contribution in [-0.2, 0) is 23.9 Å². The van der Waals surface area contributed by atoms with E-state index in [0.717, 1.165) is 57.8 Å². The maximum absolute atomic E-state index is 12.4. The SMILES string of the molecule is CCCC(=O)O[C@@H]1CC[C@@]2(C)C(=CC[C@@H]3[C@@H]2CC[C@]2(C)C(NC(C)=O)[C@H](OC(=O)CCC)C[C@@H]32)C1. The predicted molar refractivity (Wildman–Crippen MR) is 134 cm³/mol. The molecule has 0 radical (unpaired) electrons. The Morgan fingerprint density at radius 1 is 1.00 bits per heavy atom. The van der Waals surface area contributed by atoms with E-state index in [1.165, 1.54) is 5.57 Å². The summed E-state index contributed by atoms with van der Waals surface area (Å²) >= 11 is 0. The van der Waals surface area contributed by atoms with E-state index in [0.29, 0.717) is 30.6 Å². The van der Waals surface area contributed by atoms with Crippen LogP contribution in [0.5, 0.6) is 0 Å². The van der Waals surface area contributed by atoms with Crippen LogP contribution in [0.2, 0.25) is 0 Å². The summed E-state index contributed by atoms with van der Waals surface area (Å²) in [5.41, 5.74) is 1.54. The highest BCUT2D eigenvalue weighted by Crippen LogP contribution is 2.65. The topological polar surface area (TPSA) is 81.7 Å². The van der Waals surface area contributed by atoms with Crippen LogP contribution in [0, 0.1) is 28.6 Å². The molecule has 35 heavy (non-hydrogen) atoms. The molecule has 196 valence electrons. The van der Waals surface area contributed by atoms with Crippen molar-refractivity contribution in [2.75, 3.05) is 0 Å². The number of hydrogen-bond acceptors (Lipinski definition) is 5. The second kappa shape index (κ2) is 10.3. The molecule has 0 spiro atoms. The lowest BCUT2D eigenvalue weighted by molar-refractivity contribution is -0.152. The molecule has 6 nitrogen and oxygen atoms in total. The van der Waals surface area contributed by atoms with Crippen molar-refractivity contribution in [1.82, 2.24) is 5.32 Å². The lowest BCUT2D eigenvalue weighted by Gasteiger charge is -2.57. The first-order valence-electron chi connectivity index (χ1n) is 14.0. The van der Waals surface area contributed by atoms with Gasteiger partial charge in [0.25, 0.3) is 0 Å². The molecule has 0 aliphatic heterocycles. The first kappa shape index (κ1) is 26.2. The Morgan fingerprint density at radius 3 is 2.34 bits per heavy atom. The number of hydrogen-bond donors (Lipinski definition) is 1. The van der Waals surface area contributed by atoms with Gasteiger partial charge in [-0.15, -0.1) is 0 Å². The van der Waals surface area contributed by atoms with Gasteiger partial charge in [0.05, 0.1) is 6.04 Å². The van der Waals surface area contributed by atoms with E-state index in [4.69, 9.17) is 9.47 Å². The molecule has 0 aromatic heterocycles. The molecule has 3 saturated carbocycles. The summed E-state index contributed by atoms with van der Waals surface area (Å²) in [4.78, 5) is 36.7. The van der Waals surface area contributed by atoms with Gasteiger partial charge in [-0.1, -0.05) is 39.3 Å². The average molecular weight is 488 g/mol. The van der Waals surface area contributed by atoms with Crippen LogP contribution in [0.3, 0.4) is 0 Å². The maximum atomic E-state index is 12.4. The molecule has 4 aliphatic carbocycles. The number of fused-ring (bicyclic) bond motifs is 5. The van der Waals surface area contributed by atoms with Crippen LogP contribution in [0.1, 0.15) is 105 Å². The normalized spacial score (nSPS) is 40.0. The van der Waals surface area contributed by atoms with Crippen molar-refractivity contribution in [1.29, 1.82) is 0 Å². The van der Waals surface area contributed by atoms with E-state index in [-0.39, 0.29) is 46.9 Å². The highest BCUT2D eigenvalue weighted by atomic mass is 16.5. The fourth-order valence-corrected chi connectivity index (χ4v) is 8.19. The Hall–Kier alpha value is -1.85. The summed E-state index contributed by atoms with van der Waals surface area (Å²) < 4.78 is 11.8. The molecular formula is C29H45NO5. The van der Waals surface area contributed by atoms with Gasteiger partial charge >= 0.3 is 11.9 Å². The number of carbonyl (C=O) groups is 3. The van der Waals surface area contributed by atoms with Crippen LogP contribution >= 0.6 is 0 Å². The van der Waals surface area contributed by atoms with Crippen molar-refractivity contribution >= 4 is 17.8 Å². The van der Waals surface area contributed by atoms with Crippen molar-refractivity contribution in [3.63, 3.8) is 0 Å². The second-order valence-electron chi connectivity index (χ2n) is 12.1. The highest BCUT2D eigenvalue weighted by Gasteiger charge is 2.62. The number of rotatable bonds is 7. The summed E-state index contributed by atoms with van der Waals surface area (Å²) in [6, 6.07) is -0.126. The number of amides is 1. The molecule has 0 aromatic rings. The Labute approximate surface area is 211 Å². The molecule has 4 rings (SSSR count). The third-order valence-corrected chi connectivity index (χ3v) is 9.91. The Morgan fingerprint density at radius 2 is 1.69 bits per heavy atom. The largest absolute Gasteiger partial charge is 0.462 e. The van der Waals surface area contributed by atoms with Gasteiger partial charge in [0.2, 0.25) is 5.91 Å². The molecule has 4 aliphatic rings. The molecule has 1 amide bonds. The number of nitrogens with one attached hydrogen (secondary N) is 1. The van der Waals surface area contributed by atoms with Crippen LogP contribution in [-0.4, -0.2) is 36.1 Å². The molecule has 1 N–H and O–H groups in total. The standard InChI is InChI=1S/C29H45NO5/c1-6-8-25(32)34-20-12-14-28(4)19(16-20)10-11-21-22(28)13-15-29(5)23(21)17-24(27(29)30-18(3)31)35-26(33)9-7-2/h10,20-24,27H,6-9,11-17H2,1-5H3,(H,30,31)/t20-,21-,22+,23+,24-,27?,28+,29+/m1/s1. The average Bonchev–Trinajstić information content (AvgIpc) is 3.05. The molecule has 1 unspecified atom stereocenters. The number of allylic oxidation sites excluding steroid dienone is 1. The lowest BCUT2D eigenvalue weighted by atomic mass is 9.48. The molecule has 8 atom stereocenters. The van der Waals surface area contributed by atoms with E-state index in [2.05, 4.69) is 25.2 Å². The van der Waals surface area contributed by atoms with Crippen LogP contribution < -0.4 is 5.32 Å². The van der Waals surface area contributed by atoms with Crippen LogP contribution in [0.15, 0.2) is 11.6 Å².